The average Bonchev–Trinajstić information content (AvgIpc) is 3.29. The number of rotatable bonds is 4. The monoisotopic (exact) mass is 397 g/mol. The van der Waals surface area contributed by atoms with E-state index in [2.05, 4.69) is 10.3 Å². The molecule has 27 heavy (non-hydrogen) atoms. The van der Waals surface area contributed by atoms with Crippen molar-refractivity contribution in [3.8, 4) is 0 Å². The number of amides is 2. The molecule has 0 aromatic carbocycles. The molecular weight excluding hydrogens is 370 g/mol. The minimum atomic E-state index is -0.549. The maximum absolute atomic E-state index is 12.8. The second-order valence-corrected chi connectivity index (χ2v) is 8.75. The fourth-order valence-corrected chi connectivity index (χ4v) is 3.97. The second-order valence-electron chi connectivity index (χ2n) is 7.69. The van der Waals surface area contributed by atoms with Crippen molar-refractivity contribution in [3.63, 3.8) is 0 Å². The lowest BCUT2D eigenvalue weighted by Crippen LogP contribution is -2.49. The van der Waals surface area contributed by atoms with Crippen molar-refractivity contribution >= 4 is 23.3 Å². The standard InChI is InChI=1S/C18H27N3O5S/c1-18(2,3)26-17(23)20-9-12-11-21(6-8-24-12)16(22)14-10-19-15(27-14)13-5-4-7-25-13/h10,12-13H,4-9,11H2,1-3H3,(H,20,23)/t12-,13+/m0/s1. The van der Waals surface area contributed by atoms with Crippen LogP contribution in [0.1, 0.15) is 54.4 Å². The van der Waals surface area contributed by atoms with Crippen LogP contribution < -0.4 is 5.32 Å². The molecule has 2 aliphatic rings. The summed E-state index contributed by atoms with van der Waals surface area (Å²) in [5.74, 6) is -0.0534. The first kappa shape index (κ1) is 20.0. The van der Waals surface area contributed by atoms with Crippen molar-refractivity contribution in [3.05, 3.63) is 16.1 Å². The third kappa shape index (κ3) is 5.63. The number of nitrogens with zero attached hydrogens (tertiary/aromatic N) is 2. The van der Waals surface area contributed by atoms with Gasteiger partial charge in [0.25, 0.3) is 5.91 Å². The van der Waals surface area contributed by atoms with Crippen LogP contribution in [0, 0.1) is 0 Å². The van der Waals surface area contributed by atoms with Crippen LogP contribution in [0.3, 0.4) is 0 Å². The number of nitrogens with one attached hydrogen (secondary N) is 1. The highest BCUT2D eigenvalue weighted by molar-refractivity contribution is 7.13. The Balaban J connectivity index is 1.51. The minimum Gasteiger partial charge on any atom is -0.444 e. The molecule has 1 aromatic heterocycles. The van der Waals surface area contributed by atoms with E-state index < -0.39 is 11.7 Å². The Morgan fingerprint density at radius 1 is 1.37 bits per heavy atom. The first-order valence-corrected chi connectivity index (χ1v) is 10.1. The lowest BCUT2D eigenvalue weighted by molar-refractivity contribution is -0.0217. The molecule has 0 aliphatic carbocycles. The van der Waals surface area contributed by atoms with E-state index in [0.29, 0.717) is 31.1 Å². The highest BCUT2D eigenvalue weighted by Gasteiger charge is 2.28. The van der Waals surface area contributed by atoms with E-state index in [0.717, 1.165) is 24.5 Å². The summed E-state index contributed by atoms with van der Waals surface area (Å²) in [5.41, 5.74) is -0.549. The average molecular weight is 397 g/mol. The van der Waals surface area contributed by atoms with Gasteiger partial charge in [0.05, 0.1) is 18.9 Å². The van der Waals surface area contributed by atoms with Gasteiger partial charge in [-0.15, -0.1) is 11.3 Å². The molecule has 0 radical (unpaired) electrons. The van der Waals surface area contributed by atoms with Gasteiger partial charge in [0.2, 0.25) is 0 Å². The highest BCUT2D eigenvalue weighted by Crippen LogP contribution is 2.31. The summed E-state index contributed by atoms with van der Waals surface area (Å²) in [5, 5.41) is 3.57. The zero-order valence-corrected chi connectivity index (χ0v) is 16.8. The summed E-state index contributed by atoms with van der Waals surface area (Å²) in [7, 11) is 0. The number of carbonyl (C=O) groups is 2. The highest BCUT2D eigenvalue weighted by atomic mass is 32.1. The number of thiazole rings is 1. The second kappa shape index (κ2) is 8.53. The van der Waals surface area contributed by atoms with E-state index >= 15 is 0 Å². The topological polar surface area (TPSA) is 90.0 Å². The Kier molecular flexibility index (Phi) is 6.33. The van der Waals surface area contributed by atoms with Gasteiger partial charge in [-0.1, -0.05) is 0 Å². The third-order valence-corrected chi connectivity index (χ3v) is 5.32. The molecule has 2 fully saturated rings. The van der Waals surface area contributed by atoms with Crippen LogP contribution in [0.25, 0.3) is 0 Å². The molecule has 2 saturated heterocycles. The molecular formula is C18H27N3O5S. The summed E-state index contributed by atoms with van der Waals surface area (Å²) < 4.78 is 16.5. The van der Waals surface area contributed by atoms with E-state index in [9.17, 15) is 9.59 Å². The quantitative estimate of drug-likeness (QED) is 0.839. The van der Waals surface area contributed by atoms with Crippen molar-refractivity contribution in [1.29, 1.82) is 0 Å². The van der Waals surface area contributed by atoms with Gasteiger partial charge in [0, 0.05) is 26.2 Å². The Morgan fingerprint density at radius 2 is 2.19 bits per heavy atom. The zero-order chi connectivity index (χ0) is 19.4. The molecule has 1 N–H and O–H groups in total. The number of ether oxygens (including phenoxy) is 3. The fraction of sp³-hybridized carbons (Fsp3) is 0.722. The number of aromatic nitrogens is 1. The van der Waals surface area contributed by atoms with Crippen molar-refractivity contribution in [2.45, 2.75) is 51.4 Å². The molecule has 2 aliphatic heterocycles. The molecule has 0 bridgehead atoms. The molecule has 0 unspecified atom stereocenters. The normalized spacial score (nSPS) is 23.3. The SMILES string of the molecule is CC(C)(C)OC(=O)NC[C@H]1CN(C(=O)c2cnc([C@H]3CCCO3)s2)CCO1. The van der Waals surface area contributed by atoms with Gasteiger partial charge in [-0.25, -0.2) is 9.78 Å². The summed E-state index contributed by atoms with van der Waals surface area (Å²) in [6.45, 7) is 7.85. The van der Waals surface area contributed by atoms with Gasteiger partial charge in [-0.05, 0) is 33.6 Å². The van der Waals surface area contributed by atoms with E-state index in [-0.39, 0.29) is 18.1 Å². The van der Waals surface area contributed by atoms with E-state index in [1.54, 1.807) is 11.1 Å². The van der Waals surface area contributed by atoms with Crippen molar-refractivity contribution < 1.29 is 23.8 Å². The van der Waals surface area contributed by atoms with Crippen LogP contribution in [0.15, 0.2) is 6.20 Å². The Hall–Kier alpha value is -1.71. The van der Waals surface area contributed by atoms with Gasteiger partial charge in [0.15, 0.2) is 0 Å². The Morgan fingerprint density at radius 3 is 2.89 bits per heavy atom. The van der Waals surface area contributed by atoms with Gasteiger partial charge in [-0.3, -0.25) is 4.79 Å². The van der Waals surface area contributed by atoms with Crippen LogP contribution >= 0.6 is 11.3 Å². The first-order chi connectivity index (χ1) is 12.8. The van der Waals surface area contributed by atoms with E-state index in [1.807, 2.05) is 20.8 Å². The van der Waals surface area contributed by atoms with Gasteiger partial charge < -0.3 is 24.4 Å². The zero-order valence-electron chi connectivity index (χ0n) is 16.0. The smallest absolute Gasteiger partial charge is 0.407 e. The summed E-state index contributed by atoms with van der Waals surface area (Å²) in [4.78, 5) is 31.3. The molecule has 3 rings (SSSR count). The van der Waals surface area contributed by atoms with E-state index in [1.165, 1.54) is 11.3 Å². The number of alkyl carbamates (subject to hydrolysis) is 1. The fourth-order valence-electron chi connectivity index (χ4n) is 3.00. The molecule has 2 amide bonds. The molecule has 150 valence electrons. The molecule has 0 spiro atoms. The predicted octanol–water partition coefficient (Wildman–Crippen LogP) is 2.36. The molecule has 3 heterocycles. The summed E-state index contributed by atoms with van der Waals surface area (Å²) in [6, 6.07) is 0. The molecule has 8 nitrogen and oxygen atoms in total. The molecule has 1 aromatic rings. The largest absolute Gasteiger partial charge is 0.444 e. The Bertz CT molecular complexity index is 666. The van der Waals surface area contributed by atoms with Gasteiger partial charge >= 0.3 is 6.09 Å². The van der Waals surface area contributed by atoms with Crippen LogP contribution in [0.5, 0.6) is 0 Å². The van der Waals surface area contributed by atoms with Crippen LogP contribution in [-0.4, -0.2) is 66.4 Å². The van der Waals surface area contributed by atoms with E-state index in [4.69, 9.17) is 14.2 Å². The number of carbonyl (C=O) groups excluding carboxylic acids is 2. The number of morpholine rings is 1. The summed E-state index contributed by atoms with van der Waals surface area (Å²) >= 11 is 1.40. The summed E-state index contributed by atoms with van der Waals surface area (Å²) in [6.07, 6.45) is 2.89. The number of hydrogen-bond acceptors (Lipinski definition) is 7. The third-order valence-electron chi connectivity index (χ3n) is 4.24. The predicted molar refractivity (Wildman–Crippen MR) is 99.9 cm³/mol. The Labute approximate surface area is 163 Å². The van der Waals surface area contributed by atoms with Crippen molar-refractivity contribution in [1.82, 2.24) is 15.2 Å². The van der Waals surface area contributed by atoms with Gasteiger partial charge in [0.1, 0.15) is 21.6 Å². The van der Waals surface area contributed by atoms with Crippen LogP contribution in [0.4, 0.5) is 4.79 Å². The maximum Gasteiger partial charge on any atom is 0.407 e. The molecule has 0 saturated carbocycles. The van der Waals surface area contributed by atoms with Crippen molar-refractivity contribution in [2.75, 3.05) is 32.8 Å². The molecule has 2 atom stereocenters. The minimum absolute atomic E-state index is 0.0204. The van der Waals surface area contributed by atoms with Crippen LogP contribution in [-0.2, 0) is 14.2 Å². The molecule has 9 heteroatoms. The van der Waals surface area contributed by atoms with Gasteiger partial charge in [-0.2, -0.15) is 0 Å². The first-order valence-electron chi connectivity index (χ1n) is 9.27. The van der Waals surface area contributed by atoms with Crippen molar-refractivity contribution in [2.24, 2.45) is 0 Å². The number of hydrogen-bond donors (Lipinski definition) is 1. The van der Waals surface area contributed by atoms with Crippen LogP contribution in [0.2, 0.25) is 0 Å². The lowest BCUT2D eigenvalue weighted by Gasteiger charge is -2.32. The lowest BCUT2D eigenvalue weighted by atomic mass is 10.2. The maximum atomic E-state index is 12.8.